The zero-order valence-electron chi connectivity index (χ0n) is 14.4. The summed E-state index contributed by atoms with van der Waals surface area (Å²) < 4.78 is 11.0. The number of aromatic nitrogens is 2. The van der Waals surface area contributed by atoms with Crippen molar-refractivity contribution in [3.8, 4) is 11.6 Å². The molecule has 6 nitrogen and oxygen atoms in total. The van der Waals surface area contributed by atoms with Crippen LogP contribution >= 0.6 is 11.3 Å². The van der Waals surface area contributed by atoms with Crippen molar-refractivity contribution in [2.45, 2.75) is 25.7 Å². The minimum absolute atomic E-state index is 0.116. The number of aryl methyl sites for hydroxylation is 2. The Morgan fingerprint density at radius 2 is 2.08 bits per heavy atom. The van der Waals surface area contributed by atoms with Crippen LogP contribution in [0.1, 0.15) is 23.3 Å². The Hall–Kier alpha value is -2.67. The monoisotopic (exact) mass is 369 g/mol. The molecule has 0 saturated heterocycles. The largest absolute Gasteiger partial charge is 0.495 e. The van der Waals surface area contributed by atoms with E-state index in [0.717, 1.165) is 23.1 Å². The molecule has 0 aliphatic heterocycles. The van der Waals surface area contributed by atoms with Gasteiger partial charge in [0.1, 0.15) is 16.9 Å². The van der Waals surface area contributed by atoms with Crippen molar-refractivity contribution in [1.29, 1.82) is 0 Å². The number of amides is 1. The summed E-state index contributed by atoms with van der Waals surface area (Å²) in [7, 11) is 1.57. The van der Waals surface area contributed by atoms with Crippen LogP contribution in [0.2, 0.25) is 0 Å². The number of nitrogens with zero attached hydrogens (tertiary/aromatic N) is 2. The number of rotatable bonds is 5. The third-order valence-electron chi connectivity index (χ3n) is 4.44. The average molecular weight is 369 g/mol. The van der Waals surface area contributed by atoms with Gasteiger partial charge in [-0.1, -0.05) is 12.1 Å². The summed E-state index contributed by atoms with van der Waals surface area (Å²) in [6, 6.07) is 7.27. The van der Waals surface area contributed by atoms with E-state index in [-0.39, 0.29) is 12.5 Å². The molecule has 0 radical (unpaired) electrons. The van der Waals surface area contributed by atoms with Crippen molar-refractivity contribution in [2.24, 2.45) is 0 Å². The van der Waals surface area contributed by atoms with Crippen LogP contribution in [0.15, 0.2) is 30.6 Å². The number of fused-ring (bicyclic) bond motifs is 3. The molecule has 0 saturated carbocycles. The summed E-state index contributed by atoms with van der Waals surface area (Å²) in [6.45, 7) is -0.116. The molecule has 0 spiro atoms. The van der Waals surface area contributed by atoms with Crippen LogP contribution in [-0.2, 0) is 17.6 Å². The average Bonchev–Trinajstić information content (AvgIpc) is 3.06. The van der Waals surface area contributed by atoms with Gasteiger partial charge >= 0.3 is 0 Å². The first kappa shape index (κ1) is 16.8. The van der Waals surface area contributed by atoms with Crippen LogP contribution in [0.25, 0.3) is 10.2 Å². The summed E-state index contributed by atoms with van der Waals surface area (Å²) >= 11 is 1.71. The third kappa shape index (κ3) is 3.22. The fraction of sp³-hybridized carbons (Fsp3) is 0.316. The van der Waals surface area contributed by atoms with Gasteiger partial charge in [-0.15, -0.1) is 11.3 Å². The van der Waals surface area contributed by atoms with Gasteiger partial charge in [-0.25, -0.2) is 9.97 Å². The molecule has 1 aromatic carbocycles. The molecule has 1 aliphatic rings. The Morgan fingerprint density at radius 3 is 2.96 bits per heavy atom. The fourth-order valence-corrected chi connectivity index (χ4v) is 4.46. The smallest absolute Gasteiger partial charge is 0.262 e. The Bertz CT molecular complexity index is 954. The number of benzene rings is 1. The third-order valence-corrected chi connectivity index (χ3v) is 5.64. The summed E-state index contributed by atoms with van der Waals surface area (Å²) in [4.78, 5) is 23.2. The van der Waals surface area contributed by atoms with Gasteiger partial charge in [-0.3, -0.25) is 4.79 Å². The predicted octanol–water partition coefficient (Wildman–Crippen LogP) is 3.60. The lowest BCUT2D eigenvalue weighted by atomic mass is 9.97. The maximum absolute atomic E-state index is 12.3. The van der Waals surface area contributed by atoms with E-state index in [1.807, 2.05) is 12.1 Å². The molecule has 0 fully saturated rings. The van der Waals surface area contributed by atoms with E-state index >= 15 is 0 Å². The molecule has 134 valence electrons. The van der Waals surface area contributed by atoms with E-state index < -0.39 is 0 Å². The van der Waals surface area contributed by atoms with Gasteiger partial charge in [0.05, 0.1) is 18.2 Å². The lowest BCUT2D eigenvalue weighted by Crippen LogP contribution is -2.21. The number of carbonyl (C=O) groups is 1. The quantitative estimate of drug-likeness (QED) is 0.744. The highest BCUT2D eigenvalue weighted by molar-refractivity contribution is 7.18. The SMILES string of the molecule is COc1ccccc1NC(=O)COc1ncnc2sc3c(c12)CCCC3. The van der Waals surface area contributed by atoms with Crippen molar-refractivity contribution < 1.29 is 14.3 Å². The first-order chi connectivity index (χ1) is 12.8. The van der Waals surface area contributed by atoms with Gasteiger partial charge < -0.3 is 14.8 Å². The number of ether oxygens (including phenoxy) is 2. The fourth-order valence-electron chi connectivity index (χ4n) is 3.24. The van der Waals surface area contributed by atoms with Crippen LogP contribution in [-0.4, -0.2) is 29.6 Å². The Morgan fingerprint density at radius 1 is 1.23 bits per heavy atom. The van der Waals surface area contributed by atoms with Crippen molar-refractivity contribution >= 4 is 33.1 Å². The second kappa shape index (κ2) is 7.29. The maximum atomic E-state index is 12.3. The van der Waals surface area contributed by atoms with Crippen LogP contribution in [0, 0.1) is 0 Å². The van der Waals surface area contributed by atoms with Gasteiger partial charge in [-0.05, 0) is 43.4 Å². The lowest BCUT2D eigenvalue weighted by Gasteiger charge is -2.12. The van der Waals surface area contributed by atoms with Gasteiger partial charge in [0.25, 0.3) is 5.91 Å². The molecule has 1 amide bonds. The Balaban J connectivity index is 1.51. The van der Waals surface area contributed by atoms with E-state index in [4.69, 9.17) is 9.47 Å². The zero-order valence-corrected chi connectivity index (χ0v) is 15.3. The number of methoxy groups -OCH3 is 1. The zero-order chi connectivity index (χ0) is 17.9. The molecule has 0 unspecified atom stereocenters. The molecule has 4 rings (SSSR count). The van der Waals surface area contributed by atoms with Crippen molar-refractivity contribution in [1.82, 2.24) is 9.97 Å². The van der Waals surface area contributed by atoms with Gasteiger partial charge in [-0.2, -0.15) is 0 Å². The number of carbonyl (C=O) groups excluding carboxylic acids is 1. The molecule has 7 heteroatoms. The van der Waals surface area contributed by atoms with Crippen molar-refractivity contribution in [2.75, 3.05) is 19.0 Å². The predicted molar refractivity (Wildman–Crippen MR) is 101 cm³/mol. The van der Waals surface area contributed by atoms with Crippen LogP contribution in [0.4, 0.5) is 5.69 Å². The molecule has 2 heterocycles. The van der Waals surface area contributed by atoms with Gasteiger partial charge in [0, 0.05) is 4.88 Å². The molecule has 2 aromatic heterocycles. The summed E-state index contributed by atoms with van der Waals surface area (Å²) in [5, 5.41) is 3.78. The van der Waals surface area contributed by atoms with E-state index in [9.17, 15) is 4.79 Å². The minimum atomic E-state index is -0.259. The highest BCUT2D eigenvalue weighted by Gasteiger charge is 2.21. The molecule has 0 bridgehead atoms. The maximum Gasteiger partial charge on any atom is 0.262 e. The molecular weight excluding hydrogens is 350 g/mol. The van der Waals surface area contributed by atoms with E-state index in [1.54, 1.807) is 30.6 Å². The first-order valence-corrected chi connectivity index (χ1v) is 9.39. The molecule has 1 N–H and O–H groups in total. The normalized spacial score (nSPS) is 13.3. The standard InChI is InChI=1S/C19H19N3O3S/c1-24-14-8-4-3-7-13(14)22-16(23)10-25-18-17-12-6-2-5-9-15(12)26-19(17)21-11-20-18/h3-4,7-8,11H,2,5-6,9-10H2,1H3,(H,22,23). The summed E-state index contributed by atoms with van der Waals surface area (Å²) in [5.74, 6) is 0.840. The minimum Gasteiger partial charge on any atom is -0.495 e. The van der Waals surface area contributed by atoms with E-state index in [0.29, 0.717) is 17.3 Å². The van der Waals surface area contributed by atoms with E-state index in [1.165, 1.54) is 29.6 Å². The second-order valence-corrected chi connectivity index (χ2v) is 7.19. The Labute approximate surface area is 155 Å². The number of hydrogen-bond acceptors (Lipinski definition) is 6. The van der Waals surface area contributed by atoms with Crippen molar-refractivity contribution in [3.05, 3.63) is 41.0 Å². The number of thiophene rings is 1. The van der Waals surface area contributed by atoms with Crippen LogP contribution in [0.3, 0.4) is 0 Å². The number of hydrogen-bond donors (Lipinski definition) is 1. The topological polar surface area (TPSA) is 73.3 Å². The molecule has 3 aromatic rings. The number of para-hydroxylation sites is 2. The summed E-state index contributed by atoms with van der Waals surface area (Å²) in [5.41, 5.74) is 1.90. The second-order valence-electron chi connectivity index (χ2n) is 6.11. The van der Waals surface area contributed by atoms with Crippen molar-refractivity contribution in [3.63, 3.8) is 0 Å². The molecule has 0 atom stereocenters. The highest BCUT2D eigenvalue weighted by Crippen LogP contribution is 2.38. The van der Waals surface area contributed by atoms with Crippen LogP contribution < -0.4 is 14.8 Å². The number of anilines is 1. The molecule has 1 aliphatic carbocycles. The Kier molecular flexibility index (Phi) is 4.71. The number of nitrogens with one attached hydrogen (secondary N) is 1. The van der Waals surface area contributed by atoms with Gasteiger partial charge in [0.2, 0.25) is 5.88 Å². The first-order valence-electron chi connectivity index (χ1n) is 8.57. The van der Waals surface area contributed by atoms with Gasteiger partial charge in [0.15, 0.2) is 6.61 Å². The van der Waals surface area contributed by atoms with Crippen LogP contribution in [0.5, 0.6) is 11.6 Å². The molecule has 26 heavy (non-hydrogen) atoms. The molecular formula is C19H19N3O3S. The van der Waals surface area contributed by atoms with E-state index in [2.05, 4.69) is 15.3 Å². The highest BCUT2D eigenvalue weighted by atomic mass is 32.1. The summed E-state index contributed by atoms with van der Waals surface area (Å²) in [6.07, 6.45) is 5.99. The lowest BCUT2D eigenvalue weighted by molar-refractivity contribution is -0.118.